The van der Waals surface area contributed by atoms with Gasteiger partial charge in [-0.3, -0.25) is 4.90 Å². The number of ether oxygens (including phenoxy) is 2. The summed E-state index contributed by atoms with van der Waals surface area (Å²) >= 11 is 0. The van der Waals surface area contributed by atoms with E-state index in [-0.39, 0.29) is 37.3 Å². The van der Waals surface area contributed by atoms with Gasteiger partial charge in [-0.1, -0.05) is 6.07 Å². The Morgan fingerprint density at radius 2 is 1.88 bits per heavy atom. The molecule has 10 nitrogen and oxygen atoms in total. The minimum atomic E-state index is -0.749. The fourth-order valence-corrected chi connectivity index (χ4v) is 5.29. The molecule has 0 amide bonds. The van der Waals surface area contributed by atoms with Crippen molar-refractivity contribution in [1.29, 1.82) is 0 Å². The molecule has 0 radical (unpaired) electrons. The number of imidazole rings is 1. The van der Waals surface area contributed by atoms with Crippen molar-refractivity contribution in [3.05, 3.63) is 39.7 Å². The fourth-order valence-electron chi connectivity index (χ4n) is 5.29. The van der Waals surface area contributed by atoms with Crippen molar-refractivity contribution >= 4 is 23.4 Å². The molecule has 11 heteroatoms. The van der Waals surface area contributed by atoms with Crippen LogP contribution in [0.3, 0.4) is 0 Å². The van der Waals surface area contributed by atoms with Crippen LogP contribution < -0.4 is 0 Å². The number of aryl methyl sites for hydroxylation is 3. The van der Waals surface area contributed by atoms with E-state index in [0.29, 0.717) is 6.61 Å². The lowest BCUT2D eigenvalue weighted by Crippen LogP contribution is -2.54. The molecule has 4 atom stereocenters. The highest BCUT2D eigenvalue weighted by molar-refractivity contribution is 5.85. The molecule has 4 heterocycles. The van der Waals surface area contributed by atoms with Crippen LogP contribution in [0, 0.1) is 24.0 Å². The maximum Gasteiger partial charge on any atom is 0.294 e. The number of hydrogen-bond acceptors (Lipinski definition) is 8. The Kier molecular flexibility index (Phi) is 7.40. The SMILES string of the molecule is Cc1ccc2c(ncn2CCCN2CCN([C@H]3CO[C@H]4[C@@H]3OC[C@@H]4O[N+](=O)[O-])CC2)c1C.Cl. The van der Waals surface area contributed by atoms with Crippen molar-refractivity contribution in [3.8, 4) is 0 Å². The predicted octanol–water partition coefficient (Wildman–Crippen LogP) is 1.83. The van der Waals surface area contributed by atoms with E-state index in [4.69, 9.17) is 14.3 Å². The number of fused-ring (bicyclic) bond motifs is 2. The van der Waals surface area contributed by atoms with Gasteiger partial charge in [-0.25, -0.2) is 4.98 Å². The van der Waals surface area contributed by atoms with Crippen LogP contribution >= 0.6 is 12.4 Å². The Labute approximate surface area is 199 Å². The molecule has 0 N–H and O–H groups in total. The molecular weight excluding hydrogens is 450 g/mol. The van der Waals surface area contributed by atoms with Crippen LogP contribution in [0.4, 0.5) is 0 Å². The fraction of sp³-hybridized carbons (Fsp3) is 0.682. The summed E-state index contributed by atoms with van der Waals surface area (Å²) in [6.07, 6.45) is 1.93. The maximum atomic E-state index is 10.7. The van der Waals surface area contributed by atoms with Crippen LogP contribution in [-0.4, -0.2) is 94.7 Å². The monoisotopic (exact) mass is 481 g/mol. The van der Waals surface area contributed by atoms with Gasteiger partial charge in [0.2, 0.25) is 0 Å². The van der Waals surface area contributed by atoms with Gasteiger partial charge in [-0.2, -0.15) is 0 Å². The van der Waals surface area contributed by atoms with Gasteiger partial charge in [0.05, 0.1) is 36.6 Å². The molecule has 3 saturated heterocycles. The van der Waals surface area contributed by atoms with Crippen molar-refractivity contribution in [2.45, 2.75) is 51.2 Å². The lowest BCUT2D eigenvalue weighted by Gasteiger charge is -2.38. The zero-order valence-corrected chi connectivity index (χ0v) is 19.9. The molecule has 0 bridgehead atoms. The first-order valence-electron chi connectivity index (χ1n) is 11.4. The van der Waals surface area contributed by atoms with E-state index in [9.17, 15) is 10.1 Å². The second-order valence-corrected chi connectivity index (χ2v) is 9.08. The lowest BCUT2D eigenvalue weighted by molar-refractivity contribution is -0.769. The molecule has 0 aliphatic carbocycles. The zero-order valence-electron chi connectivity index (χ0n) is 19.1. The number of halogens is 1. The summed E-state index contributed by atoms with van der Waals surface area (Å²) < 4.78 is 13.9. The highest BCUT2D eigenvalue weighted by atomic mass is 35.5. The molecule has 0 spiro atoms. The van der Waals surface area contributed by atoms with E-state index < -0.39 is 11.2 Å². The summed E-state index contributed by atoms with van der Waals surface area (Å²) in [6.45, 7) is 11.0. The highest BCUT2D eigenvalue weighted by Crippen LogP contribution is 2.32. The second kappa shape index (κ2) is 10.1. The van der Waals surface area contributed by atoms with E-state index >= 15 is 0 Å². The molecule has 3 aliphatic rings. The Morgan fingerprint density at radius 1 is 1.12 bits per heavy atom. The molecule has 3 aliphatic heterocycles. The Balaban J connectivity index is 0.00000259. The number of benzene rings is 1. The van der Waals surface area contributed by atoms with Crippen LogP contribution in [0.15, 0.2) is 18.5 Å². The average molecular weight is 482 g/mol. The zero-order chi connectivity index (χ0) is 22.2. The summed E-state index contributed by atoms with van der Waals surface area (Å²) in [5.41, 5.74) is 4.86. The molecular formula is C22H32ClN5O5. The molecule has 3 fully saturated rings. The summed E-state index contributed by atoms with van der Waals surface area (Å²) in [4.78, 5) is 24.9. The molecule has 33 heavy (non-hydrogen) atoms. The number of piperazine rings is 1. The summed E-state index contributed by atoms with van der Waals surface area (Å²) in [5, 5.41) is 9.92. The molecule has 2 aromatic rings. The van der Waals surface area contributed by atoms with Crippen molar-refractivity contribution in [1.82, 2.24) is 19.4 Å². The summed E-state index contributed by atoms with van der Waals surface area (Å²) in [5.74, 6) is 0. The maximum absolute atomic E-state index is 10.7. The number of hydrogen-bond donors (Lipinski definition) is 0. The normalized spacial score (nSPS) is 28.1. The van der Waals surface area contributed by atoms with Crippen LogP contribution in [0.1, 0.15) is 17.5 Å². The first kappa shape index (κ1) is 24.2. The van der Waals surface area contributed by atoms with Crippen molar-refractivity contribution in [2.24, 2.45) is 0 Å². The quantitative estimate of drug-likeness (QED) is 0.436. The molecule has 0 saturated carbocycles. The molecule has 0 unspecified atom stereocenters. The Morgan fingerprint density at radius 3 is 2.64 bits per heavy atom. The van der Waals surface area contributed by atoms with Gasteiger partial charge in [-0.05, 0) is 44.0 Å². The first-order chi connectivity index (χ1) is 15.5. The van der Waals surface area contributed by atoms with Crippen molar-refractivity contribution in [2.75, 3.05) is 45.9 Å². The third-order valence-corrected chi connectivity index (χ3v) is 7.27. The van der Waals surface area contributed by atoms with E-state index in [1.54, 1.807) is 0 Å². The highest BCUT2D eigenvalue weighted by Gasteiger charge is 2.51. The number of aromatic nitrogens is 2. The Hall–Kier alpha value is -1.98. The van der Waals surface area contributed by atoms with E-state index in [1.165, 1.54) is 16.6 Å². The first-order valence-corrected chi connectivity index (χ1v) is 11.4. The van der Waals surface area contributed by atoms with E-state index in [0.717, 1.165) is 51.2 Å². The summed E-state index contributed by atoms with van der Waals surface area (Å²) in [7, 11) is 0. The van der Waals surface area contributed by atoms with Gasteiger partial charge in [-0.15, -0.1) is 22.5 Å². The van der Waals surface area contributed by atoms with Gasteiger partial charge in [0.1, 0.15) is 12.2 Å². The van der Waals surface area contributed by atoms with Crippen LogP contribution in [0.2, 0.25) is 0 Å². The third-order valence-electron chi connectivity index (χ3n) is 7.27. The molecule has 5 rings (SSSR count). The van der Waals surface area contributed by atoms with Crippen LogP contribution in [-0.2, 0) is 20.9 Å². The Bertz CT molecular complexity index is 979. The molecule has 1 aromatic heterocycles. The van der Waals surface area contributed by atoms with Crippen LogP contribution in [0.25, 0.3) is 11.0 Å². The number of nitrogens with zero attached hydrogens (tertiary/aromatic N) is 5. The smallest absolute Gasteiger partial charge is 0.294 e. The predicted molar refractivity (Wildman–Crippen MR) is 124 cm³/mol. The summed E-state index contributed by atoms with van der Waals surface area (Å²) in [6, 6.07) is 4.49. The largest absolute Gasteiger partial charge is 0.371 e. The van der Waals surface area contributed by atoms with Gasteiger partial charge in [0, 0.05) is 32.7 Å². The molecule has 182 valence electrons. The van der Waals surface area contributed by atoms with Crippen molar-refractivity contribution < 1.29 is 19.4 Å². The standard InChI is InChI=1S/C22H31N5O5.ClH/c1-15-4-5-17-20(16(15)2)23-14-26(17)7-3-6-24-8-10-25(11-9-24)18-12-30-22-19(32-27(28)29)13-31-21(18)22;/h4-5,14,18-19,21-22H,3,6-13H2,1-2H3;1H/t18-,19-,21+,22+;/m0./s1. The van der Waals surface area contributed by atoms with Gasteiger partial charge < -0.3 is 23.8 Å². The lowest BCUT2D eigenvalue weighted by atomic mass is 10.1. The second-order valence-electron chi connectivity index (χ2n) is 9.08. The third kappa shape index (κ3) is 4.81. The van der Waals surface area contributed by atoms with Gasteiger partial charge >= 0.3 is 0 Å². The van der Waals surface area contributed by atoms with E-state index in [1.807, 2.05) is 6.33 Å². The van der Waals surface area contributed by atoms with E-state index in [2.05, 4.69) is 45.3 Å². The topological polar surface area (TPSA) is 95.1 Å². The number of rotatable bonds is 7. The average Bonchev–Trinajstić information content (AvgIpc) is 3.48. The molecule has 1 aromatic carbocycles. The minimum Gasteiger partial charge on any atom is -0.371 e. The van der Waals surface area contributed by atoms with Gasteiger partial charge in [0.15, 0.2) is 6.10 Å². The van der Waals surface area contributed by atoms with Gasteiger partial charge in [0.25, 0.3) is 5.09 Å². The van der Waals surface area contributed by atoms with Crippen LogP contribution in [0.5, 0.6) is 0 Å². The minimum absolute atomic E-state index is 0. The van der Waals surface area contributed by atoms with Crippen molar-refractivity contribution in [3.63, 3.8) is 0 Å².